The third-order valence-electron chi connectivity index (χ3n) is 1.75. The summed E-state index contributed by atoms with van der Waals surface area (Å²) in [6.07, 6.45) is -4.21. The topological polar surface area (TPSA) is 46.2 Å². The second-order valence-corrected chi connectivity index (χ2v) is 3.12. The summed E-state index contributed by atoms with van der Waals surface area (Å²) in [6.45, 7) is -0.124. The van der Waals surface area contributed by atoms with Crippen LogP contribution in [0.1, 0.15) is 17.5 Å². The first-order valence-electron chi connectivity index (χ1n) is 4.51. The lowest BCUT2D eigenvalue weighted by Crippen LogP contribution is -2.06. The molecule has 0 spiro atoms. The Morgan fingerprint density at radius 1 is 1.25 bits per heavy atom. The SMILES string of the molecule is Nc1cc(C#CCCO)cc(C(F)(F)F)c1. The molecular formula is C11H10F3NO. The van der Waals surface area contributed by atoms with Crippen molar-refractivity contribution in [2.45, 2.75) is 12.6 Å². The Hall–Kier alpha value is -1.67. The van der Waals surface area contributed by atoms with Gasteiger partial charge in [0.25, 0.3) is 0 Å². The average Bonchev–Trinajstić information content (AvgIpc) is 2.16. The number of hydrogen-bond donors (Lipinski definition) is 2. The van der Waals surface area contributed by atoms with Gasteiger partial charge in [-0.1, -0.05) is 11.8 Å². The van der Waals surface area contributed by atoms with E-state index in [1.807, 2.05) is 0 Å². The highest BCUT2D eigenvalue weighted by Crippen LogP contribution is 2.31. The van der Waals surface area contributed by atoms with Gasteiger partial charge in [-0.05, 0) is 18.2 Å². The van der Waals surface area contributed by atoms with Gasteiger partial charge in [0.2, 0.25) is 0 Å². The summed E-state index contributed by atoms with van der Waals surface area (Å²) in [7, 11) is 0. The van der Waals surface area contributed by atoms with Crippen molar-refractivity contribution in [2.75, 3.05) is 12.3 Å². The van der Waals surface area contributed by atoms with Gasteiger partial charge in [0.15, 0.2) is 0 Å². The van der Waals surface area contributed by atoms with Gasteiger partial charge in [-0.15, -0.1) is 0 Å². The molecule has 1 aromatic rings. The second kappa shape index (κ2) is 4.90. The number of nitrogens with two attached hydrogens (primary N) is 1. The van der Waals surface area contributed by atoms with Crippen molar-refractivity contribution in [1.82, 2.24) is 0 Å². The lowest BCUT2D eigenvalue weighted by molar-refractivity contribution is -0.137. The maximum atomic E-state index is 12.4. The summed E-state index contributed by atoms with van der Waals surface area (Å²) in [5.74, 6) is 5.04. The Bertz CT molecular complexity index is 429. The maximum absolute atomic E-state index is 12.4. The van der Waals surface area contributed by atoms with E-state index in [0.717, 1.165) is 12.1 Å². The molecule has 0 saturated carbocycles. The van der Waals surface area contributed by atoms with Crippen LogP contribution in [-0.2, 0) is 6.18 Å². The van der Waals surface area contributed by atoms with Crippen molar-refractivity contribution >= 4 is 5.69 Å². The van der Waals surface area contributed by atoms with Crippen LogP contribution in [0.25, 0.3) is 0 Å². The molecule has 0 unspecified atom stereocenters. The number of aliphatic hydroxyl groups excluding tert-OH is 1. The fraction of sp³-hybridized carbons (Fsp3) is 0.273. The Morgan fingerprint density at radius 3 is 2.50 bits per heavy atom. The summed E-state index contributed by atoms with van der Waals surface area (Å²) in [6, 6.07) is 3.15. The fourth-order valence-corrected chi connectivity index (χ4v) is 1.11. The maximum Gasteiger partial charge on any atom is 0.416 e. The van der Waals surface area contributed by atoms with Crippen molar-refractivity contribution in [1.29, 1.82) is 0 Å². The Morgan fingerprint density at radius 2 is 1.94 bits per heavy atom. The number of hydrogen-bond acceptors (Lipinski definition) is 2. The normalized spacial score (nSPS) is 10.8. The van der Waals surface area contributed by atoms with E-state index in [1.54, 1.807) is 0 Å². The molecule has 0 bridgehead atoms. The van der Waals surface area contributed by atoms with E-state index in [2.05, 4.69) is 11.8 Å². The van der Waals surface area contributed by atoms with E-state index in [-0.39, 0.29) is 24.3 Å². The highest BCUT2D eigenvalue weighted by Gasteiger charge is 2.30. The third-order valence-corrected chi connectivity index (χ3v) is 1.75. The quantitative estimate of drug-likeness (QED) is 0.571. The molecule has 5 heteroatoms. The molecule has 0 amide bonds. The molecule has 3 N–H and O–H groups in total. The zero-order chi connectivity index (χ0) is 12.2. The minimum Gasteiger partial charge on any atom is -0.399 e. The fourth-order valence-electron chi connectivity index (χ4n) is 1.11. The molecule has 0 atom stereocenters. The van der Waals surface area contributed by atoms with Crippen molar-refractivity contribution < 1.29 is 18.3 Å². The van der Waals surface area contributed by atoms with Crippen LogP contribution in [0, 0.1) is 11.8 Å². The Labute approximate surface area is 90.9 Å². The Balaban J connectivity index is 3.05. The molecule has 2 nitrogen and oxygen atoms in total. The van der Waals surface area contributed by atoms with Crippen molar-refractivity contribution in [2.24, 2.45) is 0 Å². The molecular weight excluding hydrogens is 219 g/mol. The molecule has 0 fully saturated rings. The number of aliphatic hydroxyl groups is 1. The molecule has 1 aromatic carbocycles. The molecule has 0 saturated heterocycles. The van der Waals surface area contributed by atoms with Crippen LogP contribution in [0.15, 0.2) is 18.2 Å². The summed E-state index contributed by atoms with van der Waals surface area (Å²) in [4.78, 5) is 0. The number of halogens is 3. The van der Waals surface area contributed by atoms with Crippen LogP contribution in [0.4, 0.5) is 18.9 Å². The van der Waals surface area contributed by atoms with Crippen LogP contribution in [-0.4, -0.2) is 11.7 Å². The molecule has 86 valence electrons. The lowest BCUT2D eigenvalue weighted by atomic mass is 10.1. The highest BCUT2D eigenvalue weighted by molar-refractivity contribution is 5.51. The largest absolute Gasteiger partial charge is 0.416 e. The average molecular weight is 229 g/mol. The second-order valence-electron chi connectivity index (χ2n) is 3.12. The van der Waals surface area contributed by atoms with Crippen LogP contribution >= 0.6 is 0 Å². The summed E-state index contributed by atoms with van der Waals surface area (Å²) < 4.78 is 37.2. The minimum atomic E-state index is -4.43. The molecule has 0 radical (unpaired) electrons. The van der Waals surface area contributed by atoms with Gasteiger partial charge in [-0.25, -0.2) is 0 Å². The summed E-state index contributed by atoms with van der Waals surface area (Å²) in [5, 5.41) is 8.48. The molecule has 1 rings (SSSR count). The van der Waals surface area contributed by atoms with Crippen LogP contribution in [0.3, 0.4) is 0 Å². The van der Waals surface area contributed by atoms with E-state index >= 15 is 0 Å². The van der Waals surface area contributed by atoms with E-state index in [9.17, 15) is 13.2 Å². The van der Waals surface area contributed by atoms with Crippen LogP contribution in [0.2, 0.25) is 0 Å². The van der Waals surface area contributed by atoms with Gasteiger partial charge in [0.05, 0.1) is 12.2 Å². The zero-order valence-electron chi connectivity index (χ0n) is 8.30. The zero-order valence-corrected chi connectivity index (χ0v) is 8.30. The Kier molecular flexibility index (Phi) is 3.80. The first-order valence-corrected chi connectivity index (χ1v) is 4.51. The van der Waals surface area contributed by atoms with Crippen molar-refractivity contribution in [3.8, 4) is 11.8 Å². The molecule has 0 aliphatic carbocycles. The van der Waals surface area contributed by atoms with E-state index in [0.29, 0.717) is 0 Å². The predicted octanol–water partition coefficient (Wildman–Crippen LogP) is 2.02. The van der Waals surface area contributed by atoms with Gasteiger partial charge >= 0.3 is 6.18 Å². The monoisotopic (exact) mass is 229 g/mol. The molecule has 0 heterocycles. The first-order chi connectivity index (χ1) is 7.43. The number of nitrogen functional groups attached to an aromatic ring is 1. The number of anilines is 1. The third kappa shape index (κ3) is 3.48. The van der Waals surface area contributed by atoms with Gasteiger partial charge in [-0.3, -0.25) is 0 Å². The van der Waals surface area contributed by atoms with Crippen LogP contribution < -0.4 is 5.73 Å². The summed E-state index contributed by atoms with van der Waals surface area (Å²) in [5.41, 5.74) is 4.74. The molecule has 0 aliphatic heterocycles. The van der Waals surface area contributed by atoms with Gasteiger partial charge in [0, 0.05) is 17.7 Å². The van der Waals surface area contributed by atoms with Gasteiger partial charge < -0.3 is 10.8 Å². The minimum absolute atomic E-state index is 0.0168. The van der Waals surface area contributed by atoms with Crippen molar-refractivity contribution in [3.63, 3.8) is 0 Å². The molecule has 0 aromatic heterocycles. The number of alkyl halides is 3. The van der Waals surface area contributed by atoms with Crippen LogP contribution in [0.5, 0.6) is 0 Å². The lowest BCUT2D eigenvalue weighted by Gasteiger charge is -2.07. The van der Waals surface area contributed by atoms with E-state index < -0.39 is 11.7 Å². The van der Waals surface area contributed by atoms with Gasteiger partial charge in [0.1, 0.15) is 0 Å². The number of benzene rings is 1. The first kappa shape index (κ1) is 12.4. The van der Waals surface area contributed by atoms with E-state index in [1.165, 1.54) is 6.07 Å². The standard InChI is InChI=1S/C11H10F3NO/c12-11(13,14)9-5-8(3-1-2-4-16)6-10(15)7-9/h5-7,16H,2,4,15H2. The summed E-state index contributed by atoms with van der Waals surface area (Å²) >= 11 is 0. The van der Waals surface area contributed by atoms with Crippen molar-refractivity contribution in [3.05, 3.63) is 29.3 Å². The molecule has 16 heavy (non-hydrogen) atoms. The smallest absolute Gasteiger partial charge is 0.399 e. The van der Waals surface area contributed by atoms with Gasteiger partial charge in [-0.2, -0.15) is 13.2 Å². The number of rotatable bonds is 1. The predicted molar refractivity (Wildman–Crippen MR) is 54.4 cm³/mol. The molecule has 0 aliphatic rings. The van der Waals surface area contributed by atoms with E-state index in [4.69, 9.17) is 10.8 Å². The highest BCUT2D eigenvalue weighted by atomic mass is 19.4.